The lowest BCUT2D eigenvalue weighted by atomic mass is 9.93. The predicted octanol–water partition coefficient (Wildman–Crippen LogP) is 5.01. The number of carbonyl (C=O) groups is 2. The summed E-state index contributed by atoms with van der Waals surface area (Å²) < 4.78 is 60.6. The van der Waals surface area contributed by atoms with Crippen LogP contribution < -0.4 is 15.0 Å². The van der Waals surface area contributed by atoms with E-state index >= 15 is 0 Å². The third-order valence-electron chi connectivity index (χ3n) is 6.73. The molecule has 2 atom stereocenters. The van der Waals surface area contributed by atoms with Gasteiger partial charge in [-0.2, -0.15) is 18.3 Å². The highest BCUT2D eigenvalue weighted by Gasteiger charge is 2.38. The van der Waals surface area contributed by atoms with Gasteiger partial charge in [-0.1, -0.05) is 18.2 Å². The molecular weight excluding hydrogens is 542 g/mol. The van der Waals surface area contributed by atoms with Crippen molar-refractivity contribution >= 4 is 17.5 Å². The lowest BCUT2D eigenvalue weighted by molar-refractivity contribution is -0.138. The molecule has 2 amide bonds. The van der Waals surface area contributed by atoms with E-state index in [2.05, 4.69) is 15.4 Å². The minimum atomic E-state index is -4.48. The van der Waals surface area contributed by atoms with Gasteiger partial charge < -0.3 is 10.1 Å². The Labute approximate surface area is 232 Å². The molecule has 5 rings (SSSR count). The van der Waals surface area contributed by atoms with Crippen molar-refractivity contribution in [3.05, 3.63) is 102 Å². The second-order valence-corrected chi connectivity index (χ2v) is 9.63. The van der Waals surface area contributed by atoms with Gasteiger partial charge in [0, 0.05) is 0 Å². The van der Waals surface area contributed by atoms with Crippen molar-refractivity contribution in [1.29, 1.82) is 0 Å². The molecule has 0 bridgehead atoms. The molecule has 0 unspecified atom stereocenters. The van der Waals surface area contributed by atoms with Crippen LogP contribution in [0.2, 0.25) is 0 Å². The number of nitrogens with zero attached hydrogens (tertiary/aromatic N) is 4. The summed E-state index contributed by atoms with van der Waals surface area (Å²) in [4.78, 5) is 31.9. The Kier molecular flexibility index (Phi) is 8.11. The third kappa shape index (κ3) is 6.77. The first-order valence-corrected chi connectivity index (χ1v) is 12.8. The fraction of sp³-hybridized carbons (Fsp3) is 0.241. The Hall–Kier alpha value is -4.58. The number of halogens is 4. The molecule has 0 saturated carbocycles. The van der Waals surface area contributed by atoms with Crippen molar-refractivity contribution < 1.29 is 31.9 Å². The number of aromatic nitrogens is 3. The van der Waals surface area contributed by atoms with Crippen LogP contribution in [0.25, 0.3) is 0 Å². The number of anilines is 1. The van der Waals surface area contributed by atoms with Crippen LogP contribution in [0.15, 0.2) is 85.5 Å². The van der Waals surface area contributed by atoms with Gasteiger partial charge in [0.1, 0.15) is 36.5 Å². The zero-order chi connectivity index (χ0) is 29.0. The normalized spacial score (nSPS) is 16.9. The first-order chi connectivity index (χ1) is 19.7. The molecule has 12 heteroatoms. The average Bonchev–Trinajstić information content (AvgIpc) is 3.63. The summed E-state index contributed by atoms with van der Waals surface area (Å²) in [7, 11) is 0. The molecule has 1 aliphatic rings. The minimum Gasteiger partial charge on any atom is -0.457 e. The number of ether oxygens (including phenoxy) is 1. The number of nitrogens with one attached hydrogen (secondary N) is 1. The van der Waals surface area contributed by atoms with Gasteiger partial charge in [0.05, 0.1) is 17.3 Å². The summed E-state index contributed by atoms with van der Waals surface area (Å²) in [6, 6.07) is 16.3. The van der Waals surface area contributed by atoms with Gasteiger partial charge in [0.15, 0.2) is 0 Å². The van der Waals surface area contributed by atoms with Crippen LogP contribution in [0, 0.1) is 11.7 Å². The molecule has 0 radical (unpaired) electrons. The molecule has 8 nitrogen and oxygen atoms in total. The van der Waals surface area contributed by atoms with Gasteiger partial charge >= 0.3 is 6.18 Å². The summed E-state index contributed by atoms with van der Waals surface area (Å²) in [5, 5.41) is 7.02. The minimum absolute atomic E-state index is 0.134. The molecule has 0 spiro atoms. The summed E-state index contributed by atoms with van der Waals surface area (Å²) in [6.45, 7) is 0.0623. The smallest absolute Gasteiger partial charge is 0.416 e. The molecule has 1 N–H and O–H groups in total. The van der Waals surface area contributed by atoms with E-state index in [-0.39, 0.29) is 36.6 Å². The summed E-state index contributed by atoms with van der Waals surface area (Å²) in [6.07, 6.45) is -1.47. The highest BCUT2D eigenvalue weighted by molar-refractivity contribution is 6.16. The Bertz CT molecular complexity index is 1490. The molecule has 0 aliphatic carbocycles. The maximum Gasteiger partial charge on any atom is 0.416 e. The summed E-state index contributed by atoms with van der Waals surface area (Å²) >= 11 is 0. The first kappa shape index (κ1) is 28.0. The Morgan fingerprint density at radius 2 is 1.68 bits per heavy atom. The van der Waals surface area contributed by atoms with Crippen molar-refractivity contribution in [2.45, 2.75) is 31.6 Å². The second kappa shape index (κ2) is 11.9. The van der Waals surface area contributed by atoms with Gasteiger partial charge in [0.25, 0.3) is 11.8 Å². The van der Waals surface area contributed by atoms with E-state index in [0.29, 0.717) is 18.0 Å². The van der Waals surface area contributed by atoms with Crippen LogP contribution in [0.4, 0.5) is 23.2 Å². The number of benzene rings is 3. The number of carbonyl (C=O) groups excluding carboxylic acids is 2. The Balaban J connectivity index is 1.33. The van der Waals surface area contributed by atoms with E-state index in [4.69, 9.17) is 4.74 Å². The number of imide groups is 1. The van der Waals surface area contributed by atoms with Crippen LogP contribution in [0.3, 0.4) is 0 Å². The zero-order valence-electron chi connectivity index (χ0n) is 21.6. The van der Waals surface area contributed by atoms with Crippen LogP contribution in [0.1, 0.15) is 17.5 Å². The topological polar surface area (TPSA) is 89.4 Å². The Morgan fingerprint density at radius 1 is 1.00 bits per heavy atom. The van der Waals surface area contributed by atoms with E-state index in [1.54, 1.807) is 30.3 Å². The second-order valence-electron chi connectivity index (χ2n) is 9.63. The van der Waals surface area contributed by atoms with Gasteiger partial charge in [-0.05, 0) is 85.5 Å². The maximum absolute atomic E-state index is 13.7. The molecule has 1 saturated heterocycles. The number of amides is 2. The largest absolute Gasteiger partial charge is 0.457 e. The fourth-order valence-electron chi connectivity index (χ4n) is 4.81. The lowest BCUT2D eigenvalue weighted by Crippen LogP contribution is -2.48. The maximum atomic E-state index is 13.7. The van der Waals surface area contributed by atoms with Crippen LogP contribution >= 0.6 is 0 Å². The molecule has 3 aromatic carbocycles. The number of alkyl halides is 3. The van der Waals surface area contributed by atoms with Gasteiger partial charge in [-0.15, -0.1) is 0 Å². The lowest BCUT2D eigenvalue weighted by Gasteiger charge is -2.24. The van der Waals surface area contributed by atoms with E-state index in [9.17, 15) is 27.2 Å². The van der Waals surface area contributed by atoms with Crippen molar-refractivity contribution in [1.82, 2.24) is 20.1 Å². The van der Waals surface area contributed by atoms with Gasteiger partial charge in [-0.3, -0.25) is 9.59 Å². The number of hydrogen-bond donors (Lipinski definition) is 1. The summed E-state index contributed by atoms with van der Waals surface area (Å²) in [5.74, 6) is -0.943. The first-order valence-electron chi connectivity index (χ1n) is 12.8. The molecule has 212 valence electrons. The van der Waals surface area contributed by atoms with Crippen molar-refractivity contribution in [2.75, 3.05) is 11.4 Å². The monoisotopic (exact) mass is 567 g/mol. The van der Waals surface area contributed by atoms with E-state index < -0.39 is 35.4 Å². The molecule has 4 aromatic rings. The van der Waals surface area contributed by atoms with E-state index in [0.717, 1.165) is 11.0 Å². The van der Waals surface area contributed by atoms with Crippen LogP contribution in [0.5, 0.6) is 11.5 Å². The molecule has 41 heavy (non-hydrogen) atoms. The highest BCUT2D eigenvalue weighted by atomic mass is 19.4. The molecule has 1 aromatic heterocycles. The van der Waals surface area contributed by atoms with E-state index in [1.807, 2.05) is 0 Å². The van der Waals surface area contributed by atoms with Gasteiger partial charge in [0.2, 0.25) is 0 Å². The molecule has 1 aliphatic heterocycles. The van der Waals surface area contributed by atoms with E-state index in [1.165, 1.54) is 53.7 Å². The van der Waals surface area contributed by atoms with Crippen molar-refractivity contribution in [3.63, 3.8) is 0 Å². The SMILES string of the molecule is O=C(Cn1cncn1)N(C(=O)[C@@H]1C[C@@H](Cc2ccccc2C(F)(F)F)CN1)c1ccc(Oc2ccc(F)cc2)cc1. The van der Waals surface area contributed by atoms with Crippen LogP contribution in [-0.4, -0.2) is 39.2 Å². The highest BCUT2D eigenvalue weighted by Crippen LogP contribution is 2.34. The average molecular weight is 568 g/mol. The van der Waals surface area contributed by atoms with Crippen LogP contribution in [-0.2, 0) is 28.7 Å². The fourth-order valence-corrected chi connectivity index (χ4v) is 4.81. The molecular formula is C29H25F4N5O3. The third-order valence-corrected chi connectivity index (χ3v) is 6.73. The zero-order valence-corrected chi connectivity index (χ0v) is 21.6. The number of hydrogen-bond acceptors (Lipinski definition) is 6. The van der Waals surface area contributed by atoms with Crippen molar-refractivity contribution in [2.24, 2.45) is 5.92 Å². The predicted molar refractivity (Wildman–Crippen MR) is 140 cm³/mol. The van der Waals surface area contributed by atoms with Crippen molar-refractivity contribution in [3.8, 4) is 11.5 Å². The Morgan fingerprint density at radius 3 is 2.34 bits per heavy atom. The molecule has 2 heterocycles. The van der Waals surface area contributed by atoms with Gasteiger partial charge in [-0.25, -0.2) is 19.0 Å². The standard InChI is InChI=1S/C29H25F4N5O3/c30-21-5-9-23(10-6-21)41-24-11-7-22(8-12-24)38(27(39)16-37-18-34-17-36-37)28(40)26-14-19(15-35-26)13-20-3-1-2-4-25(20)29(31,32)33/h1-12,17-19,26,35H,13-16H2/t19-,26+/m1/s1. The summed E-state index contributed by atoms with van der Waals surface area (Å²) in [5.41, 5.74) is -0.252. The quantitative estimate of drug-likeness (QED) is 0.301. The number of rotatable bonds is 8. The molecule has 1 fully saturated rings.